The van der Waals surface area contributed by atoms with Gasteiger partial charge in [0, 0.05) is 15.4 Å². The average molecular weight is 317 g/mol. The van der Waals surface area contributed by atoms with Crippen LogP contribution in [0.2, 0.25) is 12.6 Å². The lowest BCUT2D eigenvalue weighted by Gasteiger charge is -2.19. The lowest BCUT2D eigenvalue weighted by Crippen LogP contribution is -2.19. The first kappa shape index (κ1) is 17.5. The molecule has 0 saturated heterocycles. The van der Waals surface area contributed by atoms with Crippen molar-refractivity contribution in [3.05, 3.63) is 41.5 Å². The topological polar surface area (TPSA) is 9.23 Å². The predicted octanol–water partition coefficient (Wildman–Crippen LogP) is 5.57. The molecule has 1 aliphatic rings. The molecular formula is C20H32OSi. The fraction of sp³-hybridized carbons (Fsp3) is 0.600. The summed E-state index contributed by atoms with van der Waals surface area (Å²) in [5.74, 6) is 0. The van der Waals surface area contributed by atoms with Gasteiger partial charge in [0.1, 0.15) is 0 Å². The van der Waals surface area contributed by atoms with Crippen LogP contribution < -0.4 is 0 Å². The van der Waals surface area contributed by atoms with Crippen molar-refractivity contribution < 1.29 is 4.74 Å². The van der Waals surface area contributed by atoms with Crippen LogP contribution in [0.25, 0.3) is 6.08 Å². The molecule has 0 amide bonds. The molecule has 2 unspecified atom stereocenters. The zero-order valence-corrected chi connectivity index (χ0v) is 15.9. The van der Waals surface area contributed by atoms with Gasteiger partial charge in [0.15, 0.2) is 0 Å². The molecule has 122 valence electrons. The zero-order chi connectivity index (χ0) is 16.0. The van der Waals surface area contributed by atoms with E-state index < -0.39 is 8.80 Å². The van der Waals surface area contributed by atoms with Crippen LogP contribution in [0.5, 0.6) is 0 Å². The van der Waals surface area contributed by atoms with Crippen LogP contribution in [0.1, 0.15) is 63.1 Å². The van der Waals surface area contributed by atoms with Crippen LogP contribution in [-0.4, -0.2) is 21.0 Å². The van der Waals surface area contributed by atoms with Crippen LogP contribution in [-0.2, 0) is 4.74 Å². The van der Waals surface area contributed by atoms with Gasteiger partial charge < -0.3 is 4.74 Å². The number of fused-ring (bicyclic) bond motifs is 1. The number of benzene rings is 1. The first-order valence-corrected chi connectivity index (χ1v) is 11.5. The van der Waals surface area contributed by atoms with E-state index in [9.17, 15) is 0 Å². The Balaban J connectivity index is 1.61. The standard InChI is InChI=1S/C20H32OSi/c1-20(2,3)21-15-9-5-6-10-16-22(4)19-14-13-17-11-7-8-12-18(17)19/h7-8,11-14,19,22H,5-6,9-10,15-16H2,1-4H3. The summed E-state index contributed by atoms with van der Waals surface area (Å²) in [6.07, 6.45) is 10.1. The van der Waals surface area contributed by atoms with E-state index in [1.165, 1.54) is 37.3 Å². The number of unbranched alkanes of at least 4 members (excludes halogenated alkanes) is 3. The maximum absolute atomic E-state index is 5.78. The van der Waals surface area contributed by atoms with Gasteiger partial charge in [-0.3, -0.25) is 0 Å². The maximum atomic E-state index is 5.78. The Hall–Kier alpha value is -0.863. The van der Waals surface area contributed by atoms with E-state index in [1.54, 1.807) is 5.56 Å². The highest BCUT2D eigenvalue weighted by molar-refractivity contribution is 6.60. The van der Waals surface area contributed by atoms with Crippen LogP contribution in [0.15, 0.2) is 30.3 Å². The summed E-state index contributed by atoms with van der Waals surface area (Å²) in [6.45, 7) is 9.85. The smallest absolute Gasteiger partial charge is 0.0598 e. The molecule has 2 rings (SSSR count). The first-order valence-electron chi connectivity index (χ1n) is 8.88. The Labute approximate surface area is 138 Å². The Kier molecular flexibility index (Phi) is 6.46. The van der Waals surface area contributed by atoms with E-state index in [1.807, 2.05) is 0 Å². The second-order valence-electron chi connectivity index (χ2n) is 7.65. The molecule has 0 N–H and O–H groups in total. The molecule has 22 heavy (non-hydrogen) atoms. The van der Waals surface area contributed by atoms with Gasteiger partial charge in [-0.2, -0.15) is 0 Å². The van der Waals surface area contributed by atoms with Gasteiger partial charge in [-0.25, -0.2) is 0 Å². The highest BCUT2D eigenvalue weighted by Crippen LogP contribution is 2.33. The van der Waals surface area contributed by atoms with Crippen molar-refractivity contribution >= 4 is 14.9 Å². The SMILES string of the molecule is C[SiH](CCCCCCOC(C)(C)C)C1C=Cc2ccccc21. The molecule has 2 heteroatoms. The molecular weight excluding hydrogens is 284 g/mol. The Bertz CT molecular complexity index is 487. The van der Waals surface area contributed by atoms with Crippen molar-refractivity contribution in [3.63, 3.8) is 0 Å². The van der Waals surface area contributed by atoms with E-state index in [4.69, 9.17) is 4.74 Å². The number of ether oxygens (including phenoxy) is 1. The zero-order valence-electron chi connectivity index (χ0n) is 14.8. The monoisotopic (exact) mass is 316 g/mol. The van der Waals surface area contributed by atoms with Crippen molar-refractivity contribution in [2.75, 3.05) is 6.61 Å². The summed E-state index contributed by atoms with van der Waals surface area (Å²) in [6, 6.07) is 10.4. The Morgan fingerprint density at radius 1 is 1.05 bits per heavy atom. The minimum Gasteiger partial charge on any atom is -0.376 e. The van der Waals surface area contributed by atoms with Gasteiger partial charge >= 0.3 is 0 Å². The maximum Gasteiger partial charge on any atom is 0.0598 e. The molecule has 0 spiro atoms. The normalized spacial score (nSPS) is 18.5. The molecule has 1 aromatic carbocycles. The van der Waals surface area contributed by atoms with E-state index in [0.29, 0.717) is 0 Å². The van der Waals surface area contributed by atoms with Crippen LogP contribution in [0, 0.1) is 0 Å². The highest BCUT2D eigenvalue weighted by atomic mass is 28.3. The molecule has 0 fully saturated rings. The largest absolute Gasteiger partial charge is 0.376 e. The van der Waals surface area contributed by atoms with Crippen molar-refractivity contribution in [2.45, 2.75) is 70.2 Å². The van der Waals surface area contributed by atoms with Crippen LogP contribution in [0.4, 0.5) is 0 Å². The summed E-state index contributed by atoms with van der Waals surface area (Å²) in [4.78, 5) is 0. The Morgan fingerprint density at radius 3 is 2.55 bits per heavy atom. The van der Waals surface area contributed by atoms with Crippen LogP contribution >= 0.6 is 0 Å². The first-order chi connectivity index (χ1) is 10.5. The van der Waals surface area contributed by atoms with E-state index in [0.717, 1.165) is 12.1 Å². The summed E-state index contributed by atoms with van der Waals surface area (Å²) in [7, 11) is -0.696. The third kappa shape index (κ3) is 5.40. The molecule has 1 aliphatic carbocycles. The van der Waals surface area contributed by atoms with E-state index in [2.05, 4.69) is 63.7 Å². The molecule has 0 aromatic heterocycles. The molecule has 2 atom stereocenters. The van der Waals surface area contributed by atoms with E-state index in [-0.39, 0.29) is 5.60 Å². The van der Waals surface area contributed by atoms with Crippen molar-refractivity contribution in [2.24, 2.45) is 0 Å². The fourth-order valence-electron chi connectivity index (χ4n) is 3.25. The summed E-state index contributed by atoms with van der Waals surface area (Å²) in [5.41, 5.74) is 3.82. The van der Waals surface area contributed by atoms with E-state index >= 15 is 0 Å². The van der Waals surface area contributed by atoms with Crippen LogP contribution in [0.3, 0.4) is 0 Å². The molecule has 0 heterocycles. The number of hydrogen-bond donors (Lipinski definition) is 0. The third-order valence-corrected chi connectivity index (χ3v) is 7.67. The second-order valence-corrected chi connectivity index (χ2v) is 10.9. The van der Waals surface area contributed by atoms with Crippen molar-refractivity contribution in [1.29, 1.82) is 0 Å². The fourth-order valence-corrected chi connectivity index (χ4v) is 5.95. The Morgan fingerprint density at radius 2 is 1.77 bits per heavy atom. The molecule has 1 nitrogen and oxygen atoms in total. The highest BCUT2D eigenvalue weighted by Gasteiger charge is 2.23. The minimum absolute atomic E-state index is 0.0175. The minimum atomic E-state index is -0.696. The quantitative estimate of drug-likeness (QED) is 0.450. The molecule has 0 aliphatic heterocycles. The van der Waals surface area contributed by atoms with Gasteiger partial charge in [-0.05, 0) is 43.9 Å². The number of allylic oxidation sites excluding steroid dienone is 1. The van der Waals surface area contributed by atoms with Crippen molar-refractivity contribution in [3.8, 4) is 0 Å². The van der Waals surface area contributed by atoms with Gasteiger partial charge in [-0.15, -0.1) is 0 Å². The summed E-state index contributed by atoms with van der Waals surface area (Å²) >= 11 is 0. The molecule has 0 saturated carbocycles. The lowest BCUT2D eigenvalue weighted by atomic mass is 10.1. The van der Waals surface area contributed by atoms with Gasteiger partial charge in [-0.1, -0.05) is 68.3 Å². The predicted molar refractivity (Wildman–Crippen MR) is 100 cm³/mol. The average Bonchev–Trinajstić information content (AvgIpc) is 2.89. The summed E-state index contributed by atoms with van der Waals surface area (Å²) in [5, 5.41) is 0. The number of rotatable bonds is 8. The third-order valence-electron chi connectivity index (χ3n) is 4.54. The second kappa shape index (κ2) is 8.12. The van der Waals surface area contributed by atoms with Gasteiger partial charge in [0.05, 0.1) is 5.60 Å². The number of hydrogen-bond acceptors (Lipinski definition) is 1. The molecule has 1 aromatic rings. The lowest BCUT2D eigenvalue weighted by molar-refractivity contribution is -0.00471. The molecule has 0 bridgehead atoms. The van der Waals surface area contributed by atoms with Gasteiger partial charge in [0.25, 0.3) is 0 Å². The molecule has 0 radical (unpaired) electrons. The van der Waals surface area contributed by atoms with Crippen molar-refractivity contribution in [1.82, 2.24) is 0 Å². The summed E-state index contributed by atoms with van der Waals surface area (Å²) < 4.78 is 5.78. The van der Waals surface area contributed by atoms with Gasteiger partial charge in [0.2, 0.25) is 0 Å².